The molecule has 1 aromatic rings. The van der Waals surface area contributed by atoms with E-state index in [-0.39, 0.29) is 12.0 Å². The van der Waals surface area contributed by atoms with Crippen molar-refractivity contribution < 1.29 is 17.9 Å². The van der Waals surface area contributed by atoms with E-state index in [1.165, 1.54) is 12.6 Å². The third-order valence-electron chi connectivity index (χ3n) is 4.21. The lowest BCUT2D eigenvalue weighted by Gasteiger charge is -2.20. The SMILES string of the molecule is COc1cc(N2C[C@@H]3[C@@H](CNS(C)(=O)=O)CO[C@@H]3C2)ncn1. The van der Waals surface area contributed by atoms with Gasteiger partial charge in [-0.3, -0.25) is 0 Å². The number of nitrogens with zero attached hydrogens (tertiary/aromatic N) is 3. The number of ether oxygens (including phenoxy) is 2. The molecule has 0 spiro atoms. The summed E-state index contributed by atoms with van der Waals surface area (Å²) in [6.45, 7) is 2.56. The molecule has 0 aliphatic carbocycles. The van der Waals surface area contributed by atoms with Gasteiger partial charge in [0, 0.05) is 37.5 Å². The van der Waals surface area contributed by atoms with Crippen LogP contribution in [0.4, 0.5) is 5.82 Å². The number of rotatable bonds is 5. The Balaban J connectivity index is 1.66. The number of nitrogens with one attached hydrogen (secondary N) is 1. The van der Waals surface area contributed by atoms with Crippen LogP contribution in [0.5, 0.6) is 5.88 Å². The van der Waals surface area contributed by atoms with Crippen molar-refractivity contribution in [2.24, 2.45) is 11.8 Å². The Morgan fingerprint density at radius 3 is 3.00 bits per heavy atom. The van der Waals surface area contributed by atoms with Crippen molar-refractivity contribution in [3.8, 4) is 5.88 Å². The average Bonchev–Trinajstić information content (AvgIpc) is 3.05. The highest BCUT2D eigenvalue weighted by Crippen LogP contribution is 2.35. The predicted octanol–water partition coefficient (Wildman–Crippen LogP) is -0.514. The molecule has 3 rings (SSSR count). The predicted molar refractivity (Wildman–Crippen MR) is 80.4 cm³/mol. The molecule has 22 heavy (non-hydrogen) atoms. The van der Waals surface area contributed by atoms with Gasteiger partial charge in [0.1, 0.15) is 12.1 Å². The highest BCUT2D eigenvalue weighted by Gasteiger charge is 2.44. The number of anilines is 1. The Morgan fingerprint density at radius 2 is 2.27 bits per heavy atom. The zero-order valence-electron chi connectivity index (χ0n) is 12.6. The van der Waals surface area contributed by atoms with Gasteiger partial charge in [-0.05, 0) is 0 Å². The summed E-state index contributed by atoms with van der Waals surface area (Å²) >= 11 is 0. The maximum absolute atomic E-state index is 11.2. The van der Waals surface area contributed by atoms with E-state index < -0.39 is 10.0 Å². The van der Waals surface area contributed by atoms with Gasteiger partial charge in [-0.1, -0.05) is 0 Å². The van der Waals surface area contributed by atoms with E-state index in [2.05, 4.69) is 19.6 Å². The van der Waals surface area contributed by atoms with Crippen LogP contribution in [-0.4, -0.2) is 64.1 Å². The molecule has 2 aliphatic heterocycles. The molecule has 2 fully saturated rings. The van der Waals surface area contributed by atoms with E-state index in [4.69, 9.17) is 9.47 Å². The highest BCUT2D eigenvalue weighted by molar-refractivity contribution is 7.88. The smallest absolute Gasteiger partial charge is 0.218 e. The fraction of sp³-hybridized carbons (Fsp3) is 0.692. The first-order chi connectivity index (χ1) is 10.5. The second-order valence-corrected chi connectivity index (χ2v) is 7.57. The summed E-state index contributed by atoms with van der Waals surface area (Å²) in [5.74, 6) is 1.82. The van der Waals surface area contributed by atoms with Crippen molar-refractivity contribution in [3.05, 3.63) is 12.4 Å². The van der Waals surface area contributed by atoms with Crippen LogP contribution >= 0.6 is 0 Å². The first-order valence-electron chi connectivity index (χ1n) is 7.13. The Bertz CT molecular complexity index is 639. The normalized spacial score (nSPS) is 27.9. The minimum Gasteiger partial charge on any atom is -0.481 e. The van der Waals surface area contributed by atoms with Crippen LogP contribution in [-0.2, 0) is 14.8 Å². The number of fused-ring (bicyclic) bond motifs is 1. The van der Waals surface area contributed by atoms with Gasteiger partial charge < -0.3 is 14.4 Å². The molecule has 0 amide bonds. The second-order valence-electron chi connectivity index (χ2n) is 5.74. The summed E-state index contributed by atoms with van der Waals surface area (Å²) in [5, 5.41) is 0. The number of methoxy groups -OCH3 is 1. The van der Waals surface area contributed by atoms with E-state index in [0.29, 0.717) is 24.9 Å². The third-order valence-corrected chi connectivity index (χ3v) is 4.90. The van der Waals surface area contributed by atoms with Crippen LogP contribution in [0.1, 0.15) is 0 Å². The number of hydrogen-bond acceptors (Lipinski definition) is 7. The van der Waals surface area contributed by atoms with Crippen LogP contribution in [0.3, 0.4) is 0 Å². The van der Waals surface area contributed by atoms with Gasteiger partial charge in [-0.25, -0.2) is 23.1 Å². The number of hydrogen-bond donors (Lipinski definition) is 1. The molecule has 1 N–H and O–H groups in total. The second kappa shape index (κ2) is 5.98. The highest BCUT2D eigenvalue weighted by atomic mass is 32.2. The maximum Gasteiger partial charge on any atom is 0.218 e. The molecule has 9 heteroatoms. The van der Waals surface area contributed by atoms with Crippen molar-refractivity contribution in [2.75, 3.05) is 44.5 Å². The summed E-state index contributed by atoms with van der Waals surface area (Å²) in [6, 6.07) is 1.80. The molecule has 3 atom stereocenters. The van der Waals surface area contributed by atoms with Gasteiger partial charge in [0.15, 0.2) is 0 Å². The molecule has 2 saturated heterocycles. The van der Waals surface area contributed by atoms with Gasteiger partial charge in [0.2, 0.25) is 15.9 Å². The topological polar surface area (TPSA) is 93.7 Å². The summed E-state index contributed by atoms with van der Waals surface area (Å²) in [7, 11) is -1.60. The fourth-order valence-corrected chi connectivity index (χ4v) is 3.59. The zero-order valence-corrected chi connectivity index (χ0v) is 13.4. The molecular weight excluding hydrogens is 308 g/mol. The molecular formula is C13H20N4O4S. The van der Waals surface area contributed by atoms with Gasteiger partial charge in [0.25, 0.3) is 0 Å². The van der Waals surface area contributed by atoms with Gasteiger partial charge in [-0.15, -0.1) is 0 Å². The summed E-state index contributed by atoms with van der Waals surface area (Å²) in [5.41, 5.74) is 0. The molecule has 3 heterocycles. The van der Waals surface area contributed by atoms with E-state index in [1.54, 1.807) is 13.2 Å². The maximum atomic E-state index is 11.2. The van der Waals surface area contributed by atoms with E-state index in [9.17, 15) is 8.42 Å². The van der Waals surface area contributed by atoms with E-state index in [1.807, 2.05) is 0 Å². The Labute approximate surface area is 129 Å². The van der Waals surface area contributed by atoms with Gasteiger partial charge in [-0.2, -0.15) is 0 Å². The molecule has 0 bridgehead atoms. The monoisotopic (exact) mass is 328 g/mol. The van der Waals surface area contributed by atoms with Crippen molar-refractivity contribution in [1.82, 2.24) is 14.7 Å². The largest absolute Gasteiger partial charge is 0.481 e. The number of aromatic nitrogens is 2. The summed E-state index contributed by atoms with van der Waals surface area (Å²) in [4.78, 5) is 10.4. The lowest BCUT2D eigenvalue weighted by atomic mass is 9.93. The minimum absolute atomic E-state index is 0.118. The van der Waals surface area contributed by atoms with Gasteiger partial charge >= 0.3 is 0 Å². The van der Waals surface area contributed by atoms with Crippen LogP contribution in [0.2, 0.25) is 0 Å². The van der Waals surface area contributed by atoms with Crippen LogP contribution in [0.25, 0.3) is 0 Å². The first kappa shape index (κ1) is 15.4. The molecule has 0 radical (unpaired) electrons. The number of sulfonamides is 1. The quantitative estimate of drug-likeness (QED) is 0.778. The van der Waals surface area contributed by atoms with Crippen molar-refractivity contribution >= 4 is 15.8 Å². The van der Waals surface area contributed by atoms with Gasteiger partial charge in [0.05, 0.1) is 26.1 Å². The van der Waals surface area contributed by atoms with E-state index >= 15 is 0 Å². The molecule has 1 aromatic heterocycles. The minimum atomic E-state index is -3.17. The van der Waals surface area contributed by atoms with Crippen molar-refractivity contribution in [2.45, 2.75) is 6.10 Å². The average molecular weight is 328 g/mol. The first-order valence-corrected chi connectivity index (χ1v) is 9.02. The summed E-state index contributed by atoms with van der Waals surface area (Å²) in [6.07, 6.45) is 2.77. The molecule has 8 nitrogen and oxygen atoms in total. The fourth-order valence-electron chi connectivity index (χ4n) is 3.07. The Kier molecular flexibility index (Phi) is 4.20. The molecule has 0 saturated carbocycles. The van der Waals surface area contributed by atoms with Crippen molar-refractivity contribution in [3.63, 3.8) is 0 Å². The molecule has 122 valence electrons. The van der Waals surface area contributed by atoms with Crippen LogP contribution in [0.15, 0.2) is 12.4 Å². The lowest BCUT2D eigenvalue weighted by Crippen LogP contribution is -2.33. The molecule has 0 unspecified atom stereocenters. The van der Waals surface area contributed by atoms with Crippen LogP contribution < -0.4 is 14.4 Å². The zero-order chi connectivity index (χ0) is 15.7. The lowest BCUT2D eigenvalue weighted by molar-refractivity contribution is 0.111. The third kappa shape index (κ3) is 3.31. The van der Waals surface area contributed by atoms with Crippen LogP contribution in [0, 0.1) is 11.8 Å². The molecule has 0 aromatic carbocycles. The Hall–Kier alpha value is -1.45. The standard InChI is InChI=1S/C13H20N4O4S/c1-20-13-3-12(14-8-15-13)17-5-10-9(4-16-22(2,18)19)7-21-11(10)6-17/h3,8-11,16H,4-7H2,1-2H3/t9-,10+,11+/m0/s1. The Morgan fingerprint density at radius 1 is 1.45 bits per heavy atom. The summed E-state index contributed by atoms with van der Waals surface area (Å²) < 4.78 is 36.0. The molecule has 2 aliphatic rings. The van der Waals surface area contributed by atoms with E-state index in [0.717, 1.165) is 18.9 Å². The van der Waals surface area contributed by atoms with Crippen molar-refractivity contribution in [1.29, 1.82) is 0 Å².